The number of ketones is 1. The van der Waals surface area contributed by atoms with Crippen molar-refractivity contribution >= 4 is 5.78 Å². The van der Waals surface area contributed by atoms with Gasteiger partial charge in [-0.1, -0.05) is 0 Å². The fraction of sp³-hybridized carbons (Fsp3) is 0.100. The van der Waals surface area contributed by atoms with E-state index in [4.69, 9.17) is 4.42 Å². The second-order valence-corrected chi connectivity index (χ2v) is 2.83. The summed E-state index contributed by atoms with van der Waals surface area (Å²) in [6.07, 6.45) is 4.65. The molecule has 0 radical (unpaired) electrons. The number of nitrogens with zero attached hydrogens (tertiary/aromatic N) is 2. The molecule has 0 unspecified atom stereocenters. The normalized spacial score (nSPS) is 10.1. The largest absolute Gasteiger partial charge is 0.444 e. The number of carbonyl (C=O) groups excluding carboxylic acids is 1. The van der Waals surface area contributed by atoms with Gasteiger partial charge in [0.1, 0.15) is 12.0 Å². The maximum absolute atomic E-state index is 11.0. The van der Waals surface area contributed by atoms with E-state index >= 15 is 0 Å². The van der Waals surface area contributed by atoms with E-state index in [0.29, 0.717) is 11.6 Å². The van der Waals surface area contributed by atoms with E-state index in [9.17, 15) is 4.79 Å². The minimum atomic E-state index is -0.103. The number of Topliss-reactive ketones (excluding diaryl/α,β-unsaturated/α-hetero) is 1. The summed E-state index contributed by atoms with van der Waals surface area (Å²) in [6, 6.07) is 3.55. The van der Waals surface area contributed by atoms with Crippen LogP contribution in [0.15, 0.2) is 35.2 Å². The van der Waals surface area contributed by atoms with Gasteiger partial charge in [-0.05, 0) is 12.1 Å². The van der Waals surface area contributed by atoms with Crippen molar-refractivity contribution in [2.45, 2.75) is 6.92 Å². The minimum Gasteiger partial charge on any atom is -0.444 e. The molecule has 4 heteroatoms. The molecule has 0 N–H and O–H groups in total. The van der Waals surface area contributed by atoms with Gasteiger partial charge in [0.15, 0.2) is 5.78 Å². The first-order valence-electron chi connectivity index (χ1n) is 4.14. The number of carbonyl (C=O) groups is 1. The molecule has 4 nitrogen and oxygen atoms in total. The SMILES string of the molecule is CC(=O)c1coc(-c2ccncc2)n1. The third-order valence-electron chi connectivity index (χ3n) is 1.79. The second-order valence-electron chi connectivity index (χ2n) is 2.83. The highest BCUT2D eigenvalue weighted by Gasteiger charge is 2.08. The van der Waals surface area contributed by atoms with Crippen molar-refractivity contribution in [3.05, 3.63) is 36.5 Å². The first-order chi connectivity index (χ1) is 6.77. The predicted molar refractivity (Wildman–Crippen MR) is 49.7 cm³/mol. The summed E-state index contributed by atoms with van der Waals surface area (Å²) in [5.41, 5.74) is 1.16. The molecule has 0 fully saturated rings. The Balaban J connectivity index is 2.39. The summed E-state index contributed by atoms with van der Waals surface area (Å²) < 4.78 is 5.15. The highest BCUT2D eigenvalue weighted by molar-refractivity contribution is 5.92. The Hall–Kier alpha value is -1.97. The maximum atomic E-state index is 11.0. The predicted octanol–water partition coefficient (Wildman–Crippen LogP) is 1.94. The smallest absolute Gasteiger partial charge is 0.226 e. The van der Waals surface area contributed by atoms with E-state index in [0.717, 1.165) is 5.56 Å². The molecular formula is C10H8N2O2. The molecular weight excluding hydrogens is 180 g/mol. The van der Waals surface area contributed by atoms with Crippen molar-refractivity contribution in [1.29, 1.82) is 0 Å². The molecule has 2 heterocycles. The second kappa shape index (κ2) is 3.41. The fourth-order valence-electron chi connectivity index (χ4n) is 1.06. The van der Waals surface area contributed by atoms with Crippen molar-refractivity contribution in [3.63, 3.8) is 0 Å². The first kappa shape index (κ1) is 8.62. The Morgan fingerprint density at radius 1 is 1.36 bits per heavy atom. The molecule has 2 aromatic heterocycles. The summed E-state index contributed by atoms with van der Waals surface area (Å²) >= 11 is 0. The van der Waals surface area contributed by atoms with Gasteiger partial charge in [-0.15, -0.1) is 0 Å². The van der Waals surface area contributed by atoms with Crippen molar-refractivity contribution in [2.75, 3.05) is 0 Å². The molecule has 0 aliphatic rings. The summed E-state index contributed by atoms with van der Waals surface area (Å²) in [6.45, 7) is 1.45. The number of pyridine rings is 1. The van der Waals surface area contributed by atoms with Gasteiger partial charge in [0, 0.05) is 24.9 Å². The van der Waals surface area contributed by atoms with Crippen molar-refractivity contribution in [1.82, 2.24) is 9.97 Å². The molecule has 0 saturated heterocycles. The van der Waals surface area contributed by atoms with Crippen LogP contribution in [0.3, 0.4) is 0 Å². The molecule has 0 amide bonds. The number of oxazole rings is 1. The molecule has 0 bridgehead atoms. The summed E-state index contributed by atoms with van der Waals surface area (Å²) in [5, 5.41) is 0. The van der Waals surface area contributed by atoms with Crippen molar-refractivity contribution < 1.29 is 9.21 Å². The Morgan fingerprint density at radius 2 is 2.07 bits per heavy atom. The van der Waals surface area contributed by atoms with Crippen molar-refractivity contribution in [3.8, 4) is 11.5 Å². The maximum Gasteiger partial charge on any atom is 0.226 e. The molecule has 2 aromatic rings. The van der Waals surface area contributed by atoms with Gasteiger partial charge in [-0.25, -0.2) is 4.98 Å². The Kier molecular flexibility index (Phi) is 2.10. The average molecular weight is 188 g/mol. The van der Waals surface area contributed by atoms with Crippen LogP contribution in [0.4, 0.5) is 0 Å². The number of rotatable bonds is 2. The van der Waals surface area contributed by atoms with Gasteiger partial charge < -0.3 is 4.42 Å². The molecule has 0 aliphatic carbocycles. The highest BCUT2D eigenvalue weighted by Crippen LogP contribution is 2.17. The van der Waals surface area contributed by atoms with Gasteiger partial charge in [0.05, 0.1) is 0 Å². The lowest BCUT2D eigenvalue weighted by Crippen LogP contribution is -1.91. The van der Waals surface area contributed by atoms with Gasteiger partial charge in [-0.3, -0.25) is 9.78 Å². The monoisotopic (exact) mass is 188 g/mol. The topological polar surface area (TPSA) is 56.0 Å². The molecule has 0 saturated carbocycles. The number of aromatic nitrogens is 2. The summed E-state index contributed by atoms with van der Waals surface area (Å²) in [7, 11) is 0. The van der Waals surface area contributed by atoms with E-state index < -0.39 is 0 Å². The van der Waals surface area contributed by atoms with E-state index in [1.54, 1.807) is 24.5 Å². The molecule has 0 spiro atoms. The van der Waals surface area contributed by atoms with Crippen LogP contribution in [0.25, 0.3) is 11.5 Å². The molecule has 70 valence electrons. The third kappa shape index (κ3) is 1.54. The lowest BCUT2D eigenvalue weighted by atomic mass is 10.3. The fourth-order valence-corrected chi connectivity index (χ4v) is 1.06. The molecule has 2 rings (SSSR count). The average Bonchev–Trinajstić information content (AvgIpc) is 2.68. The van der Waals surface area contributed by atoms with Gasteiger partial charge in [0.2, 0.25) is 5.89 Å². The lowest BCUT2D eigenvalue weighted by molar-refractivity contribution is 0.101. The third-order valence-corrected chi connectivity index (χ3v) is 1.79. The van der Waals surface area contributed by atoms with E-state index in [2.05, 4.69) is 9.97 Å². The van der Waals surface area contributed by atoms with Crippen LogP contribution in [0.5, 0.6) is 0 Å². The zero-order chi connectivity index (χ0) is 9.97. The van der Waals surface area contributed by atoms with E-state index in [-0.39, 0.29) is 5.78 Å². The van der Waals surface area contributed by atoms with Crippen LogP contribution < -0.4 is 0 Å². The van der Waals surface area contributed by atoms with Gasteiger partial charge >= 0.3 is 0 Å². The number of hydrogen-bond acceptors (Lipinski definition) is 4. The highest BCUT2D eigenvalue weighted by atomic mass is 16.3. The van der Waals surface area contributed by atoms with Crippen molar-refractivity contribution in [2.24, 2.45) is 0 Å². The quantitative estimate of drug-likeness (QED) is 0.676. The Labute approximate surface area is 80.6 Å². The van der Waals surface area contributed by atoms with Gasteiger partial charge in [0.25, 0.3) is 0 Å². The Bertz CT molecular complexity index is 448. The minimum absolute atomic E-state index is 0.103. The van der Waals surface area contributed by atoms with Gasteiger partial charge in [-0.2, -0.15) is 0 Å². The Morgan fingerprint density at radius 3 is 2.64 bits per heavy atom. The lowest BCUT2D eigenvalue weighted by Gasteiger charge is -1.91. The molecule has 14 heavy (non-hydrogen) atoms. The standard InChI is InChI=1S/C10H8N2O2/c1-7(13)9-6-14-10(12-9)8-2-4-11-5-3-8/h2-6H,1H3. The number of hydrogen-bond donors (Lipinski definition) is 0. The van der Waals surface area contributed by atoms with Crippen LogP contribution >= 0.6 is 0 Å². The van der Waals surface area contributed by atoms with Crippen LogP contribution in [0, 0.1) is 0 Å². The summed E-state index contributed by atoms with van der Waals surface area (Å²) in [4.78, 5) is 18.9. The molecule has 0 aliphatic heterocycles. The summed E-state index contributed by atoms with van der Waals surface area (Å²) in [5.74, 6) is 0.339. The molecule has 0 atom stereocenters. The first-order valence-corrected chi connectivity index (χ1v) is 4.14. The van der Waals surface area contributed by atoms with E-state index in [1.807, 2.05) is 0 Å². The van der Waals surface area contributed by atoms with Crippen LogP contribution in [-0.2, 0) is 0 Å². The molecule has 0 aromatic carbocycles. The van der Waals surface area contributed by atoms with Crippen LogP contribution in [0.1, 0.15) is 17.4 Å². The zero-order valence-corrected chi connectivity index (χ0v) is 7.60. The van der Waals surface area contributed by atoms with Crippen LogP contribution in [-0.4, -0.2) is 15.8 Å². The van der Waals surface area contributed by atoms with E-state index in [1.165, 1.54) is 13.2 Å². The zero-order valence-electron chi connectivity index (χ0n) is 7.60. The van der Waals surface area contributed by atoms with Crippen LogP contribution in [0.2, 0.25) is 0 Å².